The summed E-state index contributed by atoms with van der Waals surface area (Å²) < 4.78 is 0.728. The first-order valence-corrected chi connectivity index (χ1v) is 7.52. The van der Waals surface area contributed by atoms with Crippen LogP contribution >= 0.6 is 0 Å². The summed E-state index contributed by atoms with van der Waals surface area (Å²) in [5.41, 5.74) is 2.42. The third-order valence-corrected chi connectivity index (χ3v) is 3.48. The number of likely N-dealkylation sites (N-methyl/N-ethyl adjacent to an activating group) is 1. The molecule has 0 aliphatic heterocycles. The number of aliphatic hydroxyl groups excluding tert-OH is 1. The van der Waals surface area contributed by atoms with Gasteiger partial charge in [-0.05, 0) is 5.56 Å². The maximum Gasteiger partial charge on any atom is 0.193 e. The number of rotatable bonds is 6. The molecule has 0 aliphatic carbocycles. The second-order valence-corrected chi connectivity index (χ2v) is 6.72. The minimum Gasteiger partial charge on any atom is -0.387 e. The fourth-order valence-electron chi connectivity index (χ4n) is 2.52. The molecule has 3 nitrogen and oxygen atoms in total. The van der Waals surface area contributed by atoms with Crippen molar-refractivity contribution in [2.75, 3.05) is 27.7 Å². The fourth-order valence-corrected chi connectivity index (χ4v) is 2.52. The third kappa shape index (κ3) is 4.79. The summed E-state index contributed by atoms with van der Waals surface area (Å²) in [4.78, 5) is 12.3. The first kappa shape index (κ1) is 16.4. The molecule has 0 aromatic heterocycles. The predicted molar refractivity (Wildman–Crippen MR) is 88.9 cm³/mol. The fraction of sp³-hybridized carbons (Fsp3) is 0.316. The molecule has 2 aromatic rings. The van der Waals surface area contributed by atoms with Crippen LogP contribution in [-0.2, 0) is 6.42 Å². The van der Waals surface area contributed by atoms with Crippen molar-refractivity contribution in [1.82, 2.24) is 0 Å². The van der Waals surface area contributed by atoms with Crippen molar-refractivity contribution in [3.05, 3.63) is 71.3 Å². The minimum atomic E-state index is -0.379. The summed E-state index contributed by atoms with van der Waals surface area (Å²) in [6.45, 7) is 0.699. The van der Waals surface area contributed by atoms with Crippen LogP contribution in [0.25, 0.3) is 0 Å². The van der Waals surface area contributed by atoms with Crippen LogP contribution < -0.4 is 0 Å². The summed E-state index contributed by atoms with van der Waals surface area (Å²) in [5.74, 6) is 0.0269. The van der Waals surface area contributed by atoms with Crippen LogP contribution in [0, 0.1) is 0 Å². The summed E-state index contributed by atoms with van der Waals surface area (Å²) >= 11 is 0. The van der Waals surface area contributed by atoms with E-state index in [4.69, 9.17) is 0 Å². The Hall–Kier alpha value is -1.97. The zero-order chi connectivity index (χ0) is 16.2. The molecule has 116 valence electrons. The lowest BCUT2D eigenvalue weighted by molar-refractivity contribution is -0.873. The van der Waals surface area contributed by atoms with E-state index in [9.17, 15) is 9.90 Å². The van der Waals surface area contributed by atoms with Gasteiger partial charge < -0.3 is 9.59 Å². The first-order valence-electron chi connectivity index (χ1n) is 7.52. The van der Waals surface area contributed by atoms with Gasteiger partial charge in [-0.1, -0.05) is 54.6 Å². The zero-order valence-corrected chi connectivity index (χ0v) is 13.5. The highest BCUT2D eigenvalue weighted by molar-refractivity contribution is 6.08. The van der Waals surface area contributed by atoms with E-state index >= 15 is 0 Å². The number of benzene rings is 2. The smallest absolute Gasteiger partial charge is 0.193 e. The van der Waals surface area contributed by atoms with Crippen LogP contribution in [0.15, 0.2) is 54.6 Å². The van der Waals surface area contributed by atoms with Gasteiger partial charge in [0, 0.05) is 17.5 Å². The van der Waals surface area contributed by atoms with E-state index in [1.54, 1.807) is 0 Å². The van der Waals surface area contributed by atoms with Gasteiger partial charge in [0.05, 0.1) is 21.1 Å². The normalized spacial score (nSPS) is 12.9. The van der Waals surface area contributed by atoms with Gasteiger partial charge in [-0.2, -0.15) is 0 Å². The van der Waals surface area contributed by atoms with Crippen molar-refractivity contribution >= 4 is 5.78 Å². The topological polar surface area (TPSA) is 37.3 Å². The second-order valence-electron chi connectivity index (χ2n) is 6.72. The summed E-state index contributed by atoms with van der Waals surface area (Å²) in [6.07, 6.45) is 0.227. The SMILES string of the molecule is C[N+](C)(C)CC(O)Cc1ccc(C(=O)c2ccccc2)cc1. The molecule has 0 aliphatic rings. The number of ketones is 1. The maximum atomic E-state index is 12.3. The van der Waals surface area contributed by atoms with Crippen molar-refractivity contribution in [2.24, 2.45) is 0 Å². The van der Waals surface area contributed by atoms with E-state index in [1.807, 2.05) is 54.6 Å². The number of hydrogen-bond acceptors (Lipinski definition) is 2. The molecule has 0 radical (unpaired) electrons. The second kappa shape index (κ2) is 6.86. The molecule has 0 fully saturated rings. The Morgan fingerprint density at radius 2 is 1.50 bits per heavy atom. The largest absolute Gasteiger partial charge is 0.387 e. The molecule has 0 amide bonds. The predicted octanol–water partition coefficient (Wildman–Crippen LogP) is 2.53. The van der Waals surface area contributed by atoms with Crippen molar-refractivity contribution in [3.63, 3.8) is 0 Å². The number of nitrogens with zero attached hydrogens (tertiary/aromatic N) is 1. The van der Waals surface area contributed by atoms with Gasteiger partial charge in [0.1, 0.15) is 12.6 Å². The number of hydrogen-bond donors (Lipinski definition) is 1. The quantitative estimate of drug-likeness (QED) is 0.657. The average Bonchev–Trinajstić information content (AvgIpc) is 2.46. The summed E-state index contributed by atoms with van der Waals surface area (Å²) in [7, 11) is 6.18. The zero-order valence-electron chi connectivity index (χ0n) is 13.5. The minimum absolute atomic E-state index is 0.0269. The molecule has 2 rings (SSSR count). The Morgan fingerprint density at radius 1 is 0.955 bits per heavy atom. The lowest BCUT2D eigenvalue weighted by atomic mass is 10.00. The monoisotopic (exact) mass is 298 g/mol. The summed E-state index contributed by atoms with van der Waals surface area (Å²) in [5, 5.41) is 10.1. The molecule has 1 unspecified atom stereocenters. The molecular formula is C19H24NO2+. The van der Waals surface area contributed by atoms with E-state index in [2.05, 4.69) is 21.1 Å². The van der Waals surface area contributed by atoms with Gasteiger partial charge in [0.25, 0.3) is 0 Å². The maximum absolute atomic E-state index is 12.3. The Bertz CT molecular complexity index is 612. The molecule has 0 saturated carbocycles. The molecule has 2 aromatic carbocycles. The molecule has 22 heavy (non-hydrogen) atoms. The highest BCUT2D eigenvalue weighted by Crippen LogP contribution is 2.13. The van der Waals surface area contributed by atoms with E-state index in [-0.39, 0.29) is 11.9 Å². The lowest BCUT2D eigenvalue weighted by Gasteiger charge is -2.26. The highest BCUT2D eigenvalue weighted by atomic mass is 16.3. The van der Waals surface area contributed by atoms with E-state index in [1.165, 1.54) is 0 Å². The molecule has 1 N–H and O–H groups in total. The van der Waals surface area contributed by atoms with Gasteiger partial charge in [-0.25, -0.2) is 0 Å². The molecule has 1 atom stereocenters. The van der Waals surface area contributed by atoms with Gasteiger partial charge in [0.2, 0.25) is 0 Å². The van der Waals surface area contributed by atoms with Crippen LogP contribution in [0.1, 0.15) is 21.5 Å². The first-order chi connectivity index (χ1) is 10.3. The van der Waals surface area contributed by atoms with Gasteiger partial charge in [0.15, 0.2) is 5.78 Å². The standard InChI is InChI=1S/C19H24NO2/c1-20(2,3)14-18(21)13-15-9-11-17(12-10-15)19(22)16-7-5-4-6-8-16/h4-12,18,21H,13-14H2,1-3H3/q+1. The molecule has 0 heterocycles. The molecule has 3 heteroatoms. The van der Waals surface area contributed by atoms with E-state index in [0.717, 1.165) is 10.0 Å². The van der Waals surface area contributed by atoms with Crippen LogP contribution in [0.5, 0.6) is 0 Å². The molecule has 0 bridgehead atoms. The van der Waals surface area contributed by atoms with E-state index in [0.29, 0.717) is 24.1 Å². The van der Waals surface area contributed by atoms with Crippen LogP contribution in [0.2, 0.25) is 0 Å². The number of aliphatic hydroxyl groups is 1. The third-order valence-electron chi connectivity index (χ3n) is 3.48. The van der Waals surface area contributed by atoms with E-state index < -0.39 is 0 Å². The van der Waals surface area contributed by atoms with Gasteiger partial charge in [-0.3, -0.25) is 4.79 Å². The van der Waals surface area contributed by atoms with Crippen molar-refractivity contribution in [1.29, 1.82) is 0 Å². The Labute approximate surface area is 132 Å². The van der Waals surface area contributed by atoms with Gasteiger partial charge in [-0.15, -0.1) is 0 Å². The van der Waals surface area contributed by atoms with Crippen molar-refractivity contribution in [3.8, 4) is 0 Å². The lowest BCUT2D eigenvalue weighted by Crippen LogP contribution is -2.42. The van der Waals surface area contributed by atoms with Crippen molar-refractivity contribution in [2.45, 2.75) is 12.5 Å². The Kier molecular flexibility index (Phi) is 5.11. The molecule has 0 spiro atoms. The van der Waals surface area contributed by atoms with Crippen LogP contribution in [0.3, 0.4) is 0 Å². The average molecular weight is 298 g/mol. The molecule has 0 saturated heterocycles. The van der Waals surface area contributed by atoms with Crippen molar-refractivity contribution < 1.29 is 14.4 Å². The number of carbonyl (C=O) groups excluding carboxylic acids is 1. The van der Waals surface area contributed by atoms with Crippen LogP contribution in [0.4, 0.5) is 0 Å². The molecular weight excluding hydrogens is 274 g/mol. The van der Waals surface area contributed by atoms with Gasteiger partial charge >= 0.3 is 0 Å². The number of carbonyl (C=O) groups is 1. The highest BCUT2D eigenvalue weighted by Gasteiger charge is 2.16. The summed E-state index contributed by atoms with van der Waals surface area (Å²) in [6, 6.07) is 16.8. The van der Waals surface area contributed by atoms with Crippen LogP contribution in [-0.4, -0.2) is 49.2 Å². The Balaban J connectivity index is 2.03. The number of quaternary nitrogens is 1. The Morgan fingerprint density at radius 3 is 2.05 bits per heavy atom.